The number of nitrogens with zero attached hydrogens (tertiary/aromatic N) is 1. The predicted octanol–water partition coefficient (Wildman–Crippen LogP) is 3.04. The number of benzene rings is 1. The molecule has 1 aromatic rings. The van der Waals surface area contributed by atoms with Gasteiger partial charge in [0.25, 0.3) is 0 Å². The Morgan fingerprint density at radius 2 is 1.79 bits per heavy atom. The molecule has 0 radical (unpaired) electrons. The summed E-state index contributed by atoms with van der Waals surface area (Å²) in [5.74, 6) is -0.284. The summed E-state index contributed by atoms with van der Waals surface area (Å²) >= 11 is 11.7. The molecule has 0 aliphatic heterocycles. The minimum Gasteiger partial charge on any atom is -0.336 e. The van der Waals surface area contributed by atoms with Gasteiger partial charge in [-0.05, 0) is 24.1 Å². The molecule has 1 rings (SSSR count). The van der Waals surface area contributed by atoms with E-state index in [0.29, 0.717) is 22.1 Å². The summed E-state index contributed by atoms with van der Waals surface area (Å²) in [6, 6.07) is 4.24. The van der Waals surface area contributed by atoms with Gasteiger partial charge in [0.15, 0.2) is 0 Å². The van der Waals surface area contributed by atoms with Crippen molar-refractivity contribution in [2.75, 3.05) is 12.4 Å². The molecule has 1 N–H and O–H groups in total. The van der Waals surface area contributed by atoms with Gasteiger partial charge in [-0.3, -0.25) is 9.59 Å². The maximum absolute atomic E-state index is 12.2. The van der Waals surface area contributed by atoms with Crippen molar-refractivity contribution < 1.29 is 9.59 Å². The molecule has 0 unspecified atom stereocenters. The number of anilines is 1. The van der Waals surface area contributed by atoms with E-state index in [4.69, 9.17) is 23.2 Å². The van der Waals surface area contributed by atoms with Crippen LogP contribution in [0.4, 0.5) is 5.69 Å². The third-order valence-corrected chi connectivity index (χ3v) is 3.07. The predicted molar refractivity (Wildman–Crippen MR) is 77.5 cm³/mol. The van der Waals surface area contributed by atoms with Crippen LogP contribution in [0, 0.1) is 5.92 Å². The number of likely N-dealkylation sites (N-methyl/N-ethyl adjacent to an activating group) is 1. The standard InChI is InChI=1S/C13H16Cl2N2O2/c1-8(2)12(17(3)7-18)13(19)16-11-5-9(14)4-10(15)6-11/h4-8,12H,1-3H3,(H,16,19)/t12-/m0/s1. The Hall–Kier alpha value is -1.26. The first kappa shape index (κ1) is 15.8. The van der Waals surface area contributed by atoms with Crippen molar-refractivity contribution in [1.82, 2.24) is 4.90 Å². The van der Waals surface area contributed by atoms with Crippen LogP contribution in [0.5, 0.6) is 0 Å². The van der Waals surface area contributed by atoms with Crippen LogP contribution in [0.15, 0.2) is 18.2 Å². The molecule has 6 heteroatoms. The summed E-state index contributed by atoms with van der Waals surface area (Å²) in [4.78, 5) is 24.3. The molecule has 0 aliphatic carbocycles. The van der Waals surface area contributed by atoms with E-state index in [0.717, 1.165) is 0 Å². The lowest BCUT2D eigenvalue weighted by atomic mass is 10.0. The second-order valence-corrected chi connectivity index (χ2v) is 5.48. The maximum atomic E-state index is 12.2. The van der Waals surface area contributed by atoms with Gasteiger partial charge in [-0.1, -0.05) is 37.0 Å². The van der Waals surface area contributed by atoms with Crippen molar-refractivity contribution in [3.8, 4) is 0 Å². The number of amides is 2. The molecule has 4 nitrogen and oxygen atoms in total. The van der Waals surface area contributed by atoms with Gasteiger partial charge < -0.3 is 10.2 Å². The van der Waals surface area contributed by atoms with E-state index in [-0.39, 0.29) is 11.8 Å². The lowest BCUT2D eigenvalue weighted by Gasteiger charge is -2.26. The molecule has 1 aromatic carbocycles. The molecular weight excluding hydrogens is 287 g/mol. The molecule has 0 fully saturated rings. The van der Waals surface area contributed by atoms with Crippen LogP contribution in [0.25, 0.3) is 0 Å². The van der Waals surface area contributed by atoms with E-state index >= 15 is 0 Å². The van der Waals surface area contributed by atoms with Crippen LogP contribution >= 0.6 is 23.2 Å². The highest BCUT2D eigenvalue weighted by Crippen LogP contribution is 2.23. The zero-order chi connectivity index (χ0) is 14.6. The topological polar surface area (TPSA) is 49.4 Å². The second kappa shape index (κ2) is 6.78. The van der Waals surface area contributed by atoms with Gasteiger partial charge in [-0.25, -0.2) is 0 Å². The molecule has 0 aromatic heterocycles. The summed E-state index contributed by atoms with van der Waals surface area (Å²) in [7, 11) is 1.57. The average Bonchev–Trinajstić information content (AvgIpc) is 2.26. The monoisotopic (exact) mass is 302 g/mol. The Morgan fingerprint density at radius 1 is 1.26 bits per heavy atom. The van der Waals surface area contributed by atoms with Crippen LogP contribution in [0.3, 0.4) is 0 Å². The van der Waals surface area contributed by atoms with E-state index in [1.165, 1.54) is 4.90 Å². The number of halogens is 2. The lowest BCUT2D eigenvalue weighted by Crippen LogP contribution is -2.44. The molecule has 0 heterocycles. The first-order chi connectivity index (χ1) is 8.85. The molecule has 1 atom stereocenters. The third kappa shape index (κ3) is 4.40. The molecule has 2 amide bonds. The van der Waals surface area contributed by atoms with E-state index in [9.17, 15) is 9.59 Å². The van der Waals surface area contributed by atoms with Crippen LogP contribution in [-0.2, 0) is 9.59 Å². The zero-order valence-corrected chi connectivity index (χ0v) is 12.5. The van der Waals surface area contributed by atoms with Crippen LogP contribution in [0.1, 0.15) is 13.8 Å². The van der Waals surface area contributed by atoms with Crippen molar-refractivity contribution >= 4 is 41.2 Å². The summed E-state index contributed by atoms with van der Waals surface area (Å²) < 4.78 is 0. The molecule has 0 aliphatic rings. The third-order valence-electron chi connectivity index (χ3n) is 2.64. The molecule has 0 bridgehead atoms. The molecule has 104 valence electrons. The smallest absolute Gasteiger partial charge is 0.247 e. The van der Waals surface area contributed by atoms with E-state index in [2.05, 4.69) is 5.32 Å². The van der Waals surface area contributed by atoms with E-state index in [1.807, 2.05) is 13.8 Å². The van der Waals surface area contributed by atoms with Gasteiger partial charge >= 0.3 is 0 Å². The number of carbonyl (C=O) groups excluding carboxylic acids is 2. The Balaban J connectivity index is 2.90. The summed E-state index contributed by atoms with van der Waals surface area (Å²) in [5, 5.41) is 3.59. The zero-order valence-electron chi connectivity index (χ0n) is 11.0. The Bertz CT molecular complexity index is 457. The SMILES string of the molecule is CC(C)[C@@H](C(=O)Nc1cc(Cl)cc(Cl)c1)N(C)C=O. The number of hydrogen-bond acceptors (Lipinski definition) is 2. The number of carbonyl (C=O) groups is 2. The maximum Gasteiger partial charge on any atom is 0.247 e. The van der Waals surface area contributed by atoms with E-state index < -0.39 is 6.04 Å². The van der Waals surface area contributed by atoms with Gasteiger partial charge in [0.05, 0.1) is 0 Å². The highest BCUT2D eigenvalue weighted by atomic mass is 35.5. The second-order valence-electron chi connectivity index (χ2n) is 4.61. The Labute approximate surface area is 122 Å². The average molecular weight is 303 g/mol. The van der Waals surface area contributed by atoms with Crippen molar-refractivity contribution in [2.45, 2.75) is 19.9 Å². The largest absolute Gasteiger partial charge is 0.336 e. The highest BCUT2D eigenvalue weighted by molar-refractivity contribution is 6.35. The van der Waals surface area contributed by atoms with Crippen LogP contribution < -0.4 is 5.32 Å². The molecule has 0 saturated heterocycles. The van der Waals surface area contributed by atoms with Crippen molar-refractivity contribution in [3.63, 3.8) is 0 Å². The fourth-order valence-corrected chi connectivity index (χ4v) is 2.39. The quantitative estimate of drug-likeness (QED) is 0.850. The summed E-state index contributed by atoms with van der Waals surface area (Å²) in [5.41, 5.74) is 0.507. The minimum atomic E-state index is -0.546. The Kier molecular flexibility index (Phi) is 5.63. The summed E-state index contributed by atoms with van der Waals surface area (Å²) in [6.45, 7) is 3.74. The lowest BCUT2D eigenvalue weighted by molar-refractivity contribution is -0.130. The van der Waals surface area contributed by atoms with Crippen molar-refractivity contribution in [3.05, 3.63) is 28.2 Å². The van der Waals surface area contributed by atoms with Crippen LogP contribution in [0.2, 0.25) is 10.0 Å². The van der Waals surface area contributed by atoms with Gasteiger partial charge in [0.1, 0.15) is 6.04 Å². The Morgan fingerprint density at radius 3 is 2.21 bits per heavy atom. The number of hydrogen-bond donors (Lipinski definition) is 1. The van der Waals surface area contributed by atoms with Gasteiger partial charge in [-0.15, -0.1) is 0 Å². The number of rotatable bonds is 5. The first-order valence-corrected chi connectivity index (χ1v) is 6.55. The van der Waals surface area contributed by atoms with Gasteiger partial charge in [0, 0.05) is 22.8 Å². The highest BCUT2D eigenvalue weighted by Gasteiger charge is 2.25. The molecular formula is C13H16Cl2N2O2. The van der Waals surface area contributed by atoms with Crippen LogP contribution in [-0.4, -0.2) is 30.3 Å². The van der Waals surface area contributed by atoms with Gasteiger partial charge in [-0.2, -0.15) is 0 Å². The van der Waals surface area contributed by atoms with Gasteiger partial charge in [0.2, 0.25) is 12.3 Å². The minimum absolute atomic E-state index is 0.00939. The molecule has 0 spiro atoms. The summed E-state index contributed by atoms with van der Waals surface area (Å²) in [6.07, 6.45) is 0.634. The normalized spacial score (nSPS) is 12.1. The van der Waals surface area contributed by atoms with Crippen molar-refractivity contribution in [2.24, 2.45) is 5.92 Å². The van der Waals surface area contributed by atoms with E-state index in [1.54, 1.807) is 25.2 Å². The fraction of sp³-hybridized carbons (Fsp3) is 0.385. The molecule has 19 heavy (non-hydrogen) atoms. The molecule has 0 saturated carbocycles. The fourth-order valence-electron chi connectivity index (χ4n) is 1.87. The van der Waals surface area contributed by atoms with Crippen molar-refractivity contribution in [1.29, 1.82) is 0 Å². The number of nitrogens with one attached hydrogen (secondary N) is 1. The first-order valence-electron chi connectivity index (χ1n) is 5.79.